The molecule has 0 bridgehead atoms. The number of carbonyl (C=O) groups is 3. The van der Waals surface area contributed by atoms with Crippen molar-refractivity contribution in [3.8, 4) is 11.1 Å². The van der Waals surface area contributed by atoms with E-state index < -0.39 is 24.3 Å². The lowest BCUT2D eigenvalue weighted by Gasteiger charge is -2.17. The molecule has 0 unspecified atom stereocenters. The van der Waals surface area contributed by atoms with Gasteiger partial charge in [0.25, 0.3) is 0 Å². The van der Waals surface area contributed by atoms with E-state index in [0.29, 0.717) is 11.3 Å². The van der Waals surface area contributed by atoms with Crippen LogP contribution in [0.15, 0.2) is 72.8 Å². The Morgan fingerprint density at radius 1 is 1.00 bits per heavy atom. The van der Waals surface area contributed by atoms with Crippen molar-refractivity contribution in [2.24, 2.45) is 5.92 Å². The summed E-state index contributed by atoms with van der Waals surface area (Å²) in [5, 5.41) is -0.106. The molecule has 1 atom stereocenters. The van der Waals surface area contributed by atoms with Gasteiger partial charge in [0.05, 0.1) is 10.9 Å². The lowest BCUT2D eigenvalue weighted by molar-refractivity contribution is -0.147. The molecule has 1 saturated heterocycles. The average molecular weight is 452 g/mol. The monoisotopic (exact) mass is 451 g/mol. The van der Waals surface area contributed by atoms with Crippen LogP contribution < -0.4 is 4.90 Å². The molecule has 0 saturated carbocycles. The number of nitrogens with zero attached hydrogens (tertiary/aromatic N) is 1. The van der Waals surface area contributed by atoms with Crippen molar-refractivity contribution >= 4 is 34.9 Å². The SMILES string of the molecule is O=C(COC(=O)[C@@H]1CC(=O)N(c2ccc(F)c(Cl)c2)C1)c1ccc(-c2ccccc2)cc1. The third kappa shape index (κ3) is 4.70. The summed E-state index contributed by atoms with van der Waals surface area (Å²) in [4.78, 5) is 38.5. The van der Waals surface area contributed by atoms with Crippen LogP contribution in [0, 0.1) is 11.7 Å². The van der Waals surface area contributed by atoms with Gasteiger partial charge in [-0.25, -0.2) is 4.39 Å². The van der Waals surface area contributed by atoms with Gasteiger partial charge in [-0.05, 0) is 29.3 Å². The number of carbonyl (C=O) groups excluding carboxylic acids is 3. The maximum Gasteiger partial charge on any atom is 0.311 e. The van der Waals surface area contributed by atoms with Gasteiger partial charge in [0.15, 0.2) is 12.4 Å². The Kier molecular flexibility index (Phi) is 6.32. The Morgan fingerprint density at radius 3 is 2.38 bits per heavy atom. The summed E-state index contributed by atoms with van der Waals surface area (Å²) in [7, 11) is 0. The summed E-state index contributed by atoms with van der Waals surface area (Å²) in [6.45, 7) is -0.323. The van der Waals surface area contributed by atoms with Gasteiger partial charge in [-0.3, -0.25) is 14.4 Å². The van der Waals surface area contributed by atoms with Gasteiger partial charge in [0, 0.05) is 24.2 Å². The standard InChI is InChI=1S/C25H19ClFNO4/c26-21-13-20(10-11-22(21)27)28-14-19(12-24(28)30)25(31)32-15-23(29)18-8-6-17(7-9-18)16-4-2-1-3-5-16/h1-11,13,19H,12,14-15H2/t19-/m1/s1. The molecule has 1 fully saturated rings. The van der Waals surface area contributed by atoms with E-state index in [-0.39, 0.29) is 29.7 Å². The number of esters is 1. The number of halogens is 2. The molecule has 3 aromatic carbocycles. The number of benzene rings is 3. The summed E-state index contributed by atoms with van der Waals surface area (Å²) >= 11 is 5.78. The predicted molar refractivity (Wildman–Crippen MR) is 119 cm³/mol. The molecule has 0 aliphatic carbocycles. The van der Waals surface area contributed by atoms with E-state index in [1.807, 2.05) is 42.5 Å². The molecule has 0 radical (unpaired) electrons. The predicted octanol–water partition coefficient (Wildman–Crippen LogP) is 4.93. The zero-order valence-corrected chi connectivity index (χ0v) is 17.7. The first-order valence-electron chi connectivity index (χ1n) is 10.0. The van der Waals surface area contributed by atoms with Gasteiger partial charge in [-0.15, -0.1) is 0 Å². The second-order valence-electron chi connectivity index (χ2n) is 7.48. The Bertz CT molecular complexity index is 1160. The van der Waals surface area contributed by atoms with Crippen LogP contribution in [0.1, 0.15) is 16.8 Å². The molecular formula is C25H19ClFNO4. The molecule has 5 nitrogen and oxygen atoms in total. The van der Waals surface area contributed by atoms with Crippen LogP contribution in [0.3, 0.4) is 0 Å². The van der Waals surface area contributed by atoms with Crippen molar-refractivity contribution in [3.05, 3.63) is 89.2 Å². The summed E-state index contributed by atoms with van der Waals surface area (Å²) in [5.41, 5.74) is 2.86. The molecule has 1 amide bonds. The lowest BCUT2D eigenvalue weighted by Crippen LogP contribution is -2.27. The number of rotatable bonds is 6. The second-order valence-corrected chi connectivity index (χ2v) is 7.89. The molecule has 0 aromatic heterocycles. The van der Waals surface area contributed by atoms with E-state index in [9.17, 15) is 18.8 Å². The quantitative estimate of drug-likeness (QED) is 0.394. The first-order chi connectivity index (χ1) is 15.4. The van der Waals surface area contributed by atoms with Gasteiger partial charge >= 0.3 is 5.97 Å². The number of hydrogen-bond donors (Lipinski definition) is 0. The van der Waals surface area contributed by atoms with Gasteiger partial charge in [-0.1, -0.05) is 66.2 Å². The van der Waals surface area contributed by atoms with Crippen molar-refractivity contribution in [2.75, 3.05) is 18.1 Å². The minimum absolute atomic E-state index is 0.0478. The van der Waals surface area contributed by atoms with Crippen molar-refractivity contribution in [2.45, 2.75) is 6.42 Å². The van der Waals surface area contributed by atoms with Crippen LogP contribution >= 0.6 is 11.6 Å². The molecule has 4 rings (SSSR count). The van der Waals surface area contributed by atoms with E-state index in [1.165, 1.54) is 23.1 Å². The molecule has 3 aromatic rings. The summed E-state index contributed by atoms with van der Waals surface area (Å²) in [6, 6.07) is 20.8. The van der Waals surface area contributed by atoms with Crippen LogP contribution in [0.25, 0.3) is 11.1 Å². The maximum atomic E-state index is 13.4. The number of ether oxygens (including phenoxy) is 1. The van der Waals surface area contributed by atoms with Gasteiger partial charge in [-0.2, -0.15) is 0 Å². The summed E-state index contributed by atoms with van der Waals surface area (Å²) < 4.78 is 18.5. The Hall–Kier alpha value is -3.51. The number of amides is 1. The number of hydrogen-bond acceptors (Lipinski definition) is 4. The van der Waals surface area contributed by atoms with Crippen molar-refractivity contribution < 1.29 is 23.5 Å². The minimum Gasteiger partial charge on any atom is -0.457 e. The van der Waals surface area contributed by atoms with Crippen LogP contribution in [0.4, 0.5) is 10.1 Å². The largest absolute Gasteiger partial charge is 0.457 e. The molecule has 1 heterocycles. The van der Waals surface area contributed by atoms with Gasteiger partial charge in [0.1, 0.15) is 5.82 Å². The molecule has 1 aliphatic heterocycles. The zero-order chi connectivity index (χ0) is 22.7. The van der Waals surface area contributed by atoms with E-state index in [1.54, 1.807) is 12.1 Å². The second kappa shape index (κ2) is 9.32. The number of anilines is 1. The molecule has 1 aliphatic rings. The molecule has 7 heteroatoms. The van der Waals surface area contributed by atoms with Crippen molar-refractivity contribution in [1.82, 2.24) is 0 Å². The van der Waals surface area contributed by atoms with Crippen molar-refractivity contribution in [1.29, 1.82) is 0 Å². The summed E-state index contributed by atoms with van der Waals surface area (Å²) in [6.07, 6.45) is -0.0478. The fraction of sp³-hybridized carbons (Fsp3) is 0.160. The number of Topliss-reactive ketones (excluding diaryl/α,β-unsaturated/α-hetero) is 1. The first kappa shape index (κ1) is 21.7. The van der Waals surface area contributed by atoms with Crippen LogP contribution in [-0.2, 0) is 14.3 Å². The highest BCUT2D eigenvalue weighted by molar-refractivity contribution is 6.31. The zero-order valence-electron chi connectivity index (χ0n) is 17.0. The molecule has 162 valence electrons. The van der Waals surface area contributed by atoms with E-state index in [4.69, 9.17) is 16.3 Å². The number of ketones is 1. The fourth-order valence-electron chi connectivity index (χ4n) is 3.58. The van der Waals surface area contributed by atoms with E-state index in [0.717, 1.165) is 11.1 Å². The summed E-state index contributed by atoms with van der Waals surface area (Å²) in [5.74, 6) is -2.54. The minimum atomic E-state index is -0.709. The first-order valence-corrected chi connectivity index (χ1v) is 10.4. The third-order valence-corrected chi connectivity index (χ3v) is 5.62. The lowest BCUT2D eigenvalue weighted by atomic mass is 10.0. The van der Waals surface area contributed by atoms with Gasteiger partial charge < -0.3 is 9.64 Å². The van der Waals surface area contributed by atoms with E-state index >= 15 is 0 Å². The highest BCUT2D eigenvalue weighted by atomic mass is 35.5. The van der Waals surface area contributed by atoms with E-state index in [2.05, 4.69) is 0 Å². The van der Waals surface area contributed by atoms with Crippen LogP contribution in [0.5, 0.6) is 0 Å². The average Bonchev–Trinajstić information content (AvgIpc) is 3.21. The van der Waals surface area contributed by atoms with Crippen LogP contribution in [0.2, 0.25) is 5.02 Å². The Labute approximate surface area is 189 Å². The highest BCUT2D eigenvalue weighted by Crippen LogP contribution is 2.29. The molecule has 32 heavy (non-hydrogen) atoms. The molecule has 0 spiro atoms. The van der Waals surface area contributed by atoms with Crippen molar-refractivity contribution in [3.63, 3.8) is 0 Å². The molecule has 0 N–H and O–H groups in total. The normalized spacial score (nSPS) is 15.6. The molecular weight excluding hydrogens is 433 g/mol. The Morgan fingerprint density at radius 2 is 1.69 bits per heavy atom. The Balaban J connectivity index is 1.34. The maximum absolute atomic E-state index is 13.4. The highest BCUT2D eigenvalue weighted by Gasteiger charge is 2.36. The van der Waals surface area contributed by atoms with Gasteiger partial charge in [0.2, 0.25) is 5.91 Å². The third-order valence-electron chi connectivity index (χ3n) is 5.33. The fourth-order valence-corrected chi connectivity index (χ4v) is 3.76. The topological polar surface area (TPSA) is 63.7 Å². The van der Waals surface area contributed by atoms with Crippen LogP contribution in [-0.4, -0.2) is 30.8 Å². The smallest absolute Gasteiger partial charge is 0.311 e.